The van der Waals surface area contributed by atoms with Crippen molar-refractivity contribution in [1.82, 2.24) is 4.98 Å². The molecule has 1 aromatic heterocycles. The quantitative estimate of drug-likeness (QED) is 0.585. The molecule has 0 aromatic carbocycles. The second-order valence-corrected chi connectivity index (χ2v) is 3.74. The Hall–Kier alpha value is -1.18. The molecule has 0 radical (unpaired) electrons. The number of nitrogens with two attached hydrogens (primary N) is 1. The van der Waals surface area contributed by atoms with E-state index in [1.165, 1.54) is 11.3 Å². The molecule has 3 nitrogen and oxygen atoms in total. The van der Waals surface area contributed by atoms with E-state index >= 15 is 0 Å². The number of hydrogen-bond acceptors (Lipinski definition) is 4. The highest BCUT2D eigenvalue weighted by Crippen LogP contribution is 2.12. The van der Waals surface area contributed by atoms with E-state index in [9.17, 15) is 4.79 Å². The van der Waals surface area contributed by atoms with Gasteiger partial charge in [0.1, 0.15) is 5.69 Å². The first-order valence-electron chi connectivity index (χ1n) is 4.39. The Kier molecular flexibility index (Phi) is 4.30. The lowest BCUT2D eigenvalue weighted by atomic mass is 10.2. The van der Waals surface area contributed by atoms with Gasteiger partial charge < -0.3 is 5.73 Å². The summed E-state index contributed by atoms with van der Waals surface area (Å²) in [5.74, 6) is 2.45. The fraction of sp³-hybridized carbons (Fsp3) is 0.400. The first-order valence-corrected chi connectivity index (χ1v) is 5.27. The molecular formula is C10H12N2OS. The first-order chi connectivity index (χ1) is 6.77. The molecule has 0 aliphatic rings. The standard InChI is InChI=1S/C10H12N2OS/c1-2-3-4-9(13)8-7-14-10(12-8)5-6-11/h1,7H,3-6,11H2. The van der Waals surface area contributed by atoms with Crippen molar-refractivity contribution in [2.24, 2.45) is 5.73 Å². The zero-order valence-corrected chi connectivity index (χ0v) is 8.64. The molecule has 1 aromatic rings. The Morgan fingerprint density at radius 1 is 1.71 bits per heavy atom. The van der Waals surface area contributed by atoms with Gasteiger partial charge in [0, 0.05) is 24.6 Å². The van der Waals surface area contributed by atoms with Gasteiger partial charge in [0.25, 0.3) is 0 Å². The number of nitrogens with zero attached hydrogens (tertiary/aromatic N) is 1. The summed E-state index contributed by atoms with van der Waals surface area (Å²) in [5.41, 5.74) is 5.90. The number of hydrogen-bond donors (Lipinski definition) is 1. The van der Waals surface area contributed by atoms with Gasteiger partial charge in [-0.25, -0.2) is 4.98 Å². The summed E-state index contributed by atoms with van der Waals surface area (Å²) in [5, 5.41) is 2.68. The molecule has 74 valence electrons. The van der Waals surface area contributed by atoms with Crippen molar-refractivity contribution in [3.8, 4) is 12.3 Å². The van der Waals surface area contributed by atoms with E-state index in [0.717, 1.165) is 11.4 Å². The van der Waals surface area contributed by atoms with Crippen molar-refractivity contribution in [1.29, 1.82) is 0 Å². The van der Waals surface area contributed by atoms with Crippen molar-refractivity contribution >= 4 is 17.1 Å². The van der Waals surface area contributed by atoms with E-state index in [4.69, 9.17) is 12.2 Å². The third-order valence-corrected chi connectivity index (χ3v) is 2.60. The van der Waals surface area contributed by atoms with E-state index in [0.29, 0.717) is 25.1 Å². The Balaban J connectivity index is 2.58. The van der Waals surface area contributed by atoms with E-state index in [2.05, 4.69) is 10.9 Å². The minimum Gasteiger partial charge on any atom is -0.330 e. The summed E-state index contributed by atoms with van der Waals surface area (Å²) in [6, 6.07) is 0. The summed E-state index contributed by atoms with van der Waals surface area (Å²) in [6.07, 6.45) is 6.65. The molecule has 4 heteroatoms. The molecule has 1 rings (SSSR count). The normalized spacial score (nSPS) is 9.71. The minimum absolute atomic E-state index is 0.0162. The Bertz CT molecular complexity index is 351. The van der Waals surface area contributed by atoms with Crippen LogP contribution in [0.2, 0.25) is 0 Å². The molecule has 0 amide bonds. The van der Waals surface area contributed by atoms with Gasteiger partial charge in [0.2, 0.25) is 0 Å². The van der Waals surface area contributed by atoms with Gasteiger partial charge in [-0.15, -0.1) is 23.7 Å². The van der Waals surface area contributed by atoms with E-state index in [1.54, 1.807) is 5.38 Å². The number of terminal acetylenes is 1. The number of Topliss-reactive ketones (excluding diaryl/α,β-unsaturated/α-hetero) is 1. The molecule has 2 N–H and O–H groups in total. The molecule has 0 spiro atoms. The van der Waals surface area contributed by atoms with Crippen molar-refractivity contribution in [3.63, 3.8) is 0 Å². The van der Waals surface area contributed by atoms with E-state index in [1.807, 2.05) is 0 Å². The third kappa shape index (κ3) is 2.95. The van der Waals surface area contributed by atoms with Gasteiger partial charge >= 0.3 is 0 Å². The topological polar surface area (TPSA) is 56.0 Å². The van der Waals surface area contributed by atoms with Gasteiger partial charge in [0.15, 0.2) is 5.78 Å². The number of carbonyl (C=O) groups is 1. The molecule has 0 fully saturated rings. The second-order valence-electron chi connectivity index (χ2n) is 2.79. The van der Waals surface area contributed by atoms with Crippen molar-refractivity contribution in [2.75, 3.05) is 6.54 Å². The summed E-state index contributed by atoms with van der Waals surface area (Å²) in [7, 11) is 0. The lowest BCUT2D eigenvalue weighted by Crippen LogP contribution is -2.03. The number of aromatic nitrogens is 1. The van der Waals surface area contributed by atoms with E-state index < -0.39 is 0 Å². The maximum Gasteiger partial charge on any atom is 0.182 e. The maximum atomic E-state index is 11.4. The molecule has 0 aliphatic carbocycles. The zero-order chi connectivity index (χ0) is 10.4. The van der Waals surface area contributed by atoms with Crippen LogP contribution in [0, 0.1) is 12.3 Å². The average Bonchev–Trinajstić information content (AvgIpc) is 2.63. The lowest BCUT2D eigenvalue weighted by Gasteiger charge is -1.91. The molecule has 0 bridgehead atoms. The van der Waals surface area contributed by atoms with Crippen LogP contribution in [0.25, 0.3) is 0 Å². The highest BCUT2D eigenvalue weighted by molar-refractivity contribution is 7.09. The summed E-state index contributed by atoms with van der Waals surface area (Å²) < 4.78 is 0. The average molecular weight is 208 g/mol. The largest absolute Gasteiger partial charge is 0.330 e. The predicted octanol–water partition coefficient (Wildman–Crippen LogP) is 1.24. The molecule has 0 saturated heterocycles. The zero-order valence-electron chi connectivity index (χ0n) is 7.82. The number of rotatable bonds is 5. The smallest absolute Gasteiger partial charge is 0.182 e. The maximum absolute atomic E-state index is 11.4. The Morgan fingerprint density at radius 2 is 2.50 bits per heavy atom. The number of thiazole rings is 1. The molecule has 14 heavy (non-hydrogen) atoms. The van der Waals surface area contributed by atoms with Crippen LogP contribution in [-0.4, -0.2) is 17.3 Å². The number of carbonyl (C=O) groups excluding carboxylic acids is 1. The van der Waals surface area contributed by atoms with Crippen LogP contribution in [0.15, 0.2) is 5.38 Å². The third-order valence-electron chi connectivity index (χ3n) is 1.69. The Labute approximate surface area is 87.3 Å². The van der Waals surface area contributed by atoms with Gasteiger partial charge in [-0.3, -0.25) is 4.79 Å². The van der Waals surface area contributed by atoms with Crippen LogP contribution >= 0.6 is 11.3 Å². The Morgan fingerprint density at radius 3 is 3.14 bits per heavy atom. The van der Waals surface area contributed by atoms with Gasteiger partial charge in [0.05, 0.1) is 5.01 Å². The number of ketones is 1. The van der Waals surface area contributed by atoms with Crippen LogP contribution in [0.4, 0.5) is 0 Å². The summed E-state index contributed by atoms with van der Waals surface area (Å²) in [6.45, 7) is 0.561. The van der Waals surface area contributed by atoms with Crippen LogP contribution in [-0.2, 0) is 6.42 Å². The fourth-order valence-electron chi connectivity index (χ4n) is 0.991. The SMILES string of the molecule is C#CCCC(=O)c1csc(CCN)n1. The molecule has 0 saturated carbocycles. The molecule has 0 atom stereocenters. The first kappa shape index (κ1) is 10.9. The van der Waals surface area contributed by atoms with Crippen molar-refractivity contribution < 1.29 is 4.79 Å². The monoisotopic (exact) mass is 208 g/mol. The summed E-state index contributed by atoms with van der Waals surface area (Å²) >= 11 is 1.47. The van der Waals surface area contributed by atoms with Gasteiger partial charge in [-0.1, -0.05) is 0 Å². The van der Waals surface area contributed by atoms with Crippen molar-refractivity contribution in [2.45, 2.75) is 19.3 Å². The van der Waals surface area contributed by atoms with Gasteiger partial charge in [-0.05, 0) is 6.54 Å². The van der Waals surface area contributed by atoms with E-state index in [-0.39, 0.29) is 5.78 Å². The highest BCUT2D eigenvalue weighted by atomic mass is 32.1. The molecule has 0 unspecified atom stereocenters. The predicted molar refractivity (Wildman–Crippen MR) is 57.3 cm³/mol. The fourth-order valence-corrected chi connectivity index (χ4v) is 1.81. The molecule has 1 heterocycles. The van der Waals surface area contributed by atoms with Crippen LogP contribution in [0.3, 0.4) is 0 Å². The lowest BCUT2D eigenvalue weighted by molar-refractivity contribution is 0.0980. The van der Waals surface area contributed by atoms with Crippen LogP contribution in [0.5, 0.6) is 0 Å². The highest BCUT2D eigenvalue weighted by Gasteiger charge is 2.09. The minimum atomic E-state index is 0.0162. The van der Waals surface area contributed by atoms with Crippen molar-refractivity contribution in [3.05, 3.63) is 16.1 Å². The summed E-state index contributed by atoms with van der Waals surface area (Å²) in [4.78, 5) is 15.6. The molecule has 0 aliphatic heterocycles. The second kappa shape index (κ2) is 5.53. The van der Waals surface area contributed by atoms with Crippen LogP contribution < -0.4 is 5.73 Å². The molecular weight excluding hydrogens is 196 g/mol. The van der Waals surface area contributed by atoms with Gasteiger partial charge in [-0.2, -0.15) is 0 Å². The van der Waals surface area contributed by atoms with Crippen LogP contribution in [0.1, 0.15) is 28.3 Å².